The fraction of sp³-hybridized carbons (Fsp3) is 0.312. The normalized spacial score (nSPS) is 15.9. The molecule has 192 valence electrons. The third-order valence-corrected chi connectivity index (χ3v) is 6.90. The average molecular weight is 494 g/mol. The zero-order chi connectivity index (χ0) is 26.4. The Labute approximate surface area is 221 Å². The van der Waals surface area contributed by atoms with Crippen molar-refractivity contribution in [3.63, 3.8) is 0 Å². The Hall–Kier alpha value is -3.86. The lowest BCUT2D eigenvalue weighted by Gasteiger charge is -2.32. The number of nitrogens with two attached hydrogens (primary N) is 1. The fourth-order valence-corrected chi connectivity index (χ4v) is 4.75. The summed E-state index contributed by atoms with van der Waals surface area (Å²) in [5.41, 5.74) is 16.7. The summed E-state index contributed by atoms with van der Waals surface area (Å²) in [4.78, 5) is 11.7. The highest BCUT2D eigenvalue weighted by molar-refractivity contribution is 5.88. The first-order valence-corrected chi connectivity index (χ1v) is 13.3. The third-order valence-electron chi connectivity index (χ3n) is 6.90. The van der Waals surface area contributed by atoms with Crippen molar-refractivity contribution in [2.24, 2.45) is 5.73 Å². The van der Waals surface area contributed by atoms with Crippen LogP contribution in [0.25, 0.3) is 11.4 Å². The summed E-state index contributed by atoms with van der Waals surface area (Å²) in [6, 6.07) is 17.1. The minimum atomic E-state index is 0.150. The van der Waals surface area contributed by atoms with Crippen molar-refractivity contribution in [1.82, 2.24) is 14.9 Å². The smallest absolute Gasteiger partial charge is 0.223 e. The van der Waals surface area contributed by atoms with Gasteiger partial charge in [-0.2, -0.15) is 0 Å². The number of aryl methyl sites for hydroxylation is 3. The number of hydrogen-bond acceptors (Lipinski definition) is 5. The van der Waals surface area contributed by atoms with Crippen LogP contribution in [0.1, 0.15) is 67.1 Å². The molecule has 0 aliphatic carbocycles. The van der Waals surface area contributed by atoms with Gasteiger partial charge in [0.1, 0.15) is 0 Å². The average Bonchev–Trinajstić information content (AvgIpc) is 2.90. The number of allylic oxidation sites excluding steroid dienone is 2. The molecule has 1 aliphatic rings. The van der Waals surface area contributed by atoms with E-state index >= 15 is 0 Å². The molecule has 1 atom stereocenters. The Morgan fingerprint density at radius 3 is 2.51 bits per heavy atom. The maximum atomic E-state index is 6.90. The van der Waals surface area contributed by atoms with Gasteiger partial charge >= 0.3 is 0 Å². The number of rotatable bonds is 9. The molecule has 0 amide bonds. The van der Waals surface area contributed by atoms with Crippen LogP contribution in [0.2, 0.25) is 0 Å². The summed E-state index contributed by atoms with van der Waals surface area (Å²) < 4.78 is 0. The number of aromatic nitrogens is 2. The zero-order valence-electron chi connectivity index (χ0n) is 22.8. The zero-order valence-corrected chi connectivity index (χ0v) is 22.8. The monoisotopic (exact) mass is 493 g/mol. The number of anilines is 1. The highest BCUT2D eigenvalue weighted by Gasteiger charge is 2.23. The SMILES string of the molecule is CCCC1=CC(C)N(/C(=C(\N)c2ccc(CC)cc2)c2ccnc(NCc3ccc(C)cc3C)n2)C=C1. The van der Waals surface area contributed by atoms with Crippen LogP contribution < -0.4 is 11.1 Å². The molecule has 0 saturated carbocycles. The minimum Gasteiger partial charge on any atom is -0.396 e. The molecule has 2 heterocycles. The molecule has 4 rings (SSSR count). The second-order valence-electron chi connectivity index (χ2n) is 9.82. The summed E-state index contributed by atoms with van der Waals surface area (Å²) >= 11 is 0. The Balaban J connectivity index is 1.70. The Bertz CT molecular complexity index is 1320. The van der Waals surface area contributed by atoms with E-state index in [-0.39, 0.29) is 6.04 Å². The van der Waals surface area contributed by atoms with Gasteiger partial charge in [-0.1, -0.05) is 74.4 Å². The van der Waals surface area contributed by atoms with Gasteiger partial charge < -0.3 is 16.0 Å². The first-order chi connectivity index (χ1) is 17.9. The van der Waals surface area contributed by atoms with Gasteiger partial charge in [0, 0.05) is 25.0 Å². The van der Waals surface area contributed by atoms with Gasteiger partial charge in [0.25, 0.3) is 0 Å². The summed E-state index contributed by atoms with van der Waals surface area (Å²) in [7, 11) is 0. The van der Waals surface area contributed by atoms with Crippen molar-refractivity contribution in [2.75, 3.05) is 5.32 Å². The summed E-state index contributed by atoms with van der Waals surface area (Å²) in [6.45, 7) is 11.5. The maximum Gasteiger partial charge on any atom is 0.223 e. The highest BCUT2D eigenvalue weighted by Crippen LogP contribution is 2.31. The number of benzene rings is 2. The molecule has 3 N–H and O–H groups in total. The van der Waals surface area contributed by atoms with Crippen LogP contribution in [0, 0.1) is 13.8 Å². The van der Waals surface area contributed by atoms with Gasteiger partial charge in [-0.15, -0.1) is 0 Å². The summed E-state index contributed by atoms with van der Waals surface area (Å²) in [6.07, 6.45) is 11.6. The Kier molecular flexibility index (Phi) is 8.44. The van der Waals surface area contributed by atoms with Gasteiger partial charge in [0.15, 0.2) is 0 Å². The first kappa shape index (κ1) is 26.2. The molecule has 5 heteroatoms. The van der Waals surface area contributed by atoms with Crippen molar-refractivity contribution < 1.29 is 0 Å². The lowest BCUT2D eigenvalue weighted by molar-refractivity contribution is 0.463. The lowest BCUT2D eigenvalue weighted by Crippen LogP contribution is -2.30. The van der Waals surface area contributed by atoms with E-state index in [1.165, 1.54) is 27.8 Å². The van der Waals surface area contributed by atoms with E-state index in [9.17, 15) is 0 Å². The lowest BCUT2D eigenvalue weighted by atomic mass is 10.0. The van der Waals surface area contributed by atoms with E-state index in [2.05, 4.69) is 111 Å². The van der Waals surface area contributed by atoms with Gasteiger partial charge in [-0.3, -0.25) is 0 Å². The van der Waals surface area contributed by atoms with E-state index in [1.54, 1.807) is 6.20 Å². The molecule has 37 heavy (non-hydrogen) atoms. The highest BCUT2D eigenvalue weighted by atomic mass is 15.2. The van der Waals surface area contributed by atoms with Crippen molar-refractivity contribution in [3.05, 3.63) is 112 Å². The molecule has 5 nitrogen and oxygen atoms in total. The second kappa shape index (κ2) is 11.9. The van der Waals surface area contributed by atoms with E-state index in [1.807, 2.05) is 6.07 Å². The molecule has 2 aromatic carbocycles. The van der Waals surface area contributed by atoms with E-state index in [0.29, 0.717) is 18.2 Å². The molecule has 1 unspecified atom stereocenters. The van der Waals surface area contributed by atoms with Crippen LogP contribution in [0.4, 0.5) is 5.95 Å². The molecule has 1 aliphatic heterocycles. The van der Waals surface area contributed by atoms with Crippen LogP contribution in [0.3, 0.4) is 0 Å². The Morgan fingerprint density at radius 1 is 1.05 bits per heavy atom. The number of nitrogens with zero attached hydrogens (tertiary/aromatic N) is 3. The molecule has 0 bridgehead atoms. The molecular formula is C32H39N5. The van der Waals surface area contributed by atoms with E-state index < -0.39 is 0 Å². The third kappa shape index (κ3) is 6.29. The summed E-state index contributed by atoms with van der Waals surface area (Å²) in [5, 5.41) is 3.41. The standard InChI is InChI=1S/C32H39N5/c1-6-8-26-16-18-37(24(5)20-26)31(30(33)27-13-10-25(7-2)11-14-27)29-15-17-34-32(36-29)35-21-28-12-9-22(3)19-23(28)4/h9-20,24H,6-8,21,33H2,1-5H3,(H,34,35,36)/b31-30-. The molecular weight excluding hydrogens is 454 g/mol. The van der Waals surface area contributed by atoms with E-state index in [0.717, 1.165) is 36.2 Å². The maximum absolute atomic E-state index is 6.90. The largest absolute Gasteiger partial charge is 0.396 e. The van der Waals surface area contributed by atoms with Crippen LogP contribution >= 0.6 is 0 Å². The predicted octanol–water partition coefficient (Wildman–Crippen LogP) is 7.00. The van der Waals surface area contributed by atoms with Crippen LogP contribution in [-0.4, -0.2) is 20.9 Å². The molecule has 0 radical (unpaired) electrons. The quantitative estimate of drug-likeness (QED) is 0.336. The van der Waals surface area contributed by atoms with Gasteiger partial charge in [0.05, 0.1) is 17.1 Å². The van der Waals surface area contributed by atoms with Crippen LogP contribution in [0.15, 0.2) is 78.7 Å². The van der Waals surface area contributed by atoms with Gasteiger partial charge in [-0.25, -0.2) is 9.97 Å². The number of nitrogens with one attached hydrogen (secondary N) is 1. The first-order valence-electron chi connectivity index (χ1n) is 13.3. The minimum absolute atomic E-state index is 0.150. The molecule has 0 fully saturated rings. The fourth-order valence-electron chi connectivity index (χ4n) is 4.75. The van der Waals surface area contributed by atoms with Crippen molar-refractivity contribution in [2.45, 2.75) is 66.5 Å². The van der Waals surface area contributed by atoms with Crippen molar-refractivity contribution in [3.8, 4) is 0 Å². The van der Waals surface area contributed by atoms with Crippen molar-refractivity contribution in [1.29, 1.82) is 0 Å². The van der Waals surface area contributed by atoms with Crippen molar-refractivity contribution >= 4 is 17.3 Å². The summed E-state index contributed by atoms with van der Waals surface area (Å²) in [5.74, 6) is 0.583. The Morgan fingerprint density at radius 2 is 1.84 bits per heavy atom. The van der Waals surface area contributed by atoms with E-state index in [4.69, 9.17) is 10.7 Å². The molecule has 0 saturated heterocycles. The van der Waals surface area contributed by atoms with Gasteiger partial charge in [0.2, 0.25) is 5.95 Å². The molecule has 3 aromatic rings. The topological polar surface area (TPSA) is 67.1 Å². The molecule has 1 aromatic heterocycles. The van der Waals surface area contributed by atoms with Crippen LogP contribution in [-0.2, 0) is 13.0 Å². The second-order valence-corrected chi connectivity index (χ2v) is 9.82. The molecule has 0 spiro atoms. The predicted molar refractivity (Wildman–Crippen MR) is 156 cm³/mol. The van der Waals surface area contributed by atoms with Gasteiger partial charge in [-0.05, 0) is 73.6 Å². The van der Waals surface area contributed by atoms with Crippen LogP contribution in [0.5, 0.6) is 0 Å². The number of hydrogen-bond donors (Lipinski definition) is 2.